The first kappa shape index (κ1) is 13.2. The van der Waals surface area contributed by atoms with Crippen LogP contribution >= 0.6 is 11.3 Å². The molecule has 0 aliphatic carbocycles. The van der Waals surface area contributed by atoms with Crippen molar-refractivity contribution in [3.8, 4) is 0 Å². The van der Waals surface area contributed by atoms with Crippen LogP contribution in [0.5, 0.6) is 0 Å². The number of thiazole rings is 1. The molecule has 1 aromatic carbocycles. The second-order valence-corrected chi connectivity index (χ2v) is 6.89. The highest BCUT2D eigenvalue weighted by atomic mass is 32.1. The van der Waals surface area contributed by atoms with Gasteiger partial charge in [0.2, 0.25) is 0 Å². The van der Waals surface area contributed by atoms with Gasteiger partial charge in [0, 0.05) is 24.2 Å². The van der Waals surface area contributed by atoms with Crippen LogP contribution < -0.4 is 5.32 Å². The second kappa shape index (κ2) is 5.39. The molecule has 0 saturated carbocycles. The van der Waals surface area contributed by atoms with Crippen molar-refractivity contribution >= 4 is 27.5 Å². The van der Waals surface area contributed by atoms with Crippen LogP contribution in [0.25, 0.3) is 10.2 Å². The normalized spacial score (nSPS) is 25.9. The third-order valence-corrected chi connectivity index (χ3v) is 5.56. The molecule has 1 amide bonds. The Morgan fingerprint density at radius 2 is 2.24 bits per heavy atom. The molecule has 1 aromatic heterocycles. The van der Waals surface area contributed by atoms with Crippen LogP contribution in [-0.4, -0.2) is 41.0 Å². The van der Waals surface area contributed by atoms with Crippen molar-refractivity contribution in [2.75, 3.05) is 13.1 Å². The molecule has 0 bridgehead atoms. The van der Waals surface area contributed by atoms with Crippen LogP contribution in [-0.2, 0) is 0 Å². The van der Waals surface area contributed by atoms with E-state index in [1.807, 2.05) is 23.7 Å². The Balaban J connectivity index is 1.50. The Labute approximate surface area is 128 Å². The van der Waals surface area contributed by atoms with Crippen molar-refractivity contribution in [2.45, 2.75) is 37.8 Å². The van der Waals surface area contributed by atoms with Gasteiger partial charge in [-0.2, -0.15) is 0 Å². The highest BCUT2D eigenvalue weighted by Gasteiger charge is 2.36. The van der Waals surface area contributed by atoms with Gasteiger partial charge >= 0.3 is 0 Å². The summed E-state index contributed by atoms with van der Waals surface area (Å²) in [5, 5.41) is 3.25. The first-order valence-electron chi connectivity index (χ1n) is 7.69. The van der Waals surface area contributed by atoms with Gasteiger partial charge in [0.15, 0.2) is 0 Å². The molecule has 110 valence electrons. The summed E-state index contributed by atoms with van der Waals surface area (Å²) in [7, 11) is 0. The van der Waals surface area contributed by atoms with Gasteiger partial charge in [0.1, 0.15) is 0 Å². The van der Waals surface area contributed by atoms with Crippen LogP contribution in [0, 0.1) is 0 Å². The fourth-order valence-corrected chi connectivity index (χ4v) is 4.38. The van der Waals surface area contributed by atoms with E-state index in [1.165, 1.54) is 25.8 Å². The molecule has 5 heteroatoms. The zero-order valence-electron chi connectivity index (χ0n) is 11.9. The van der Waals surface area contributed by atoms with Gasteiger partial charge in [0.05, 0.1) is 15.7 Å². The zero-order valence-corrected chi connectivity index (χ0v) is 12.7. The molecule has 0 radical (unpaired) electrons. The lowest BCUT2D eigenvalue weighted by Crippen LogP contribution is -2.46. The fraction of sp³-hybridized carbons (Fsp3) is 0.500. The lowest BCUT2D eigenvalue weighted by molar-refractivity contribution is 0.0915. The minimum absolute atomic E-state index is 0.0581. The highest BCUT2D eigenvalue weighted by Crippen LogP contribution is 2.27. The monoisotopic (exact) mass is 301 g/mol. The van der Waals surface area contributed by atoms with Crippen molar-refractivity contribution < 1.29 is 4.79 Å². The Morgan fingerprint density at radius 1 is 1.29 bits per heavy atom. The third-order valence-electron chi connectivity index (χ3n) is 4.77. The number of hydrogen-bond acceptors (Lipinski definition) is 4. The van der Waals surface area contributed by atoms with Gasteiger partial charge < -0.3 is 5.32 Å². The summed E-state index contributed by atoms with van der Waals surface area (Å²) in [6, 6.07) is 6.63. The predicted octanol–water partition coefficient (Wildman–Crippen LogP) is 2.65. The molecule has 2 aliphatic rings. The molecule has 2 saturated heterocycles. The van der Waals surface area contributed by atoms with Crippen LogP contribution in [0.15, 0.2) is 23.7 Å². The lowest BCUT2D eigenvalue weighted by atomic mass is 9.99. The molecule has 2 aromatic rings. The smallest absolute Gasteiger partial charge is 0.251 e. The number of fused-ring (bicyclic) bond motifs is 2. The summed E-state index contributed by atoms with van der Waals surface area (Å²) in [5.41, 5.74) is 3.54. The number of carbonyl (C=O) groups excluding carboxylic acids is 1. The minimum Gasteiger partial charge on any atom is -0.348 e. The first-order chi connectivity index (χ1) is 10.3. The zero-order chi connectivity index (χ0) is 14.2. The quantitative estimate of drug-likeness (QED) is 0.927. The van der Waals surface area contributed by atoms with E-state index in [-0.39, 0.29) is 5.91 Å². The molecule has 2 fully saturated rings. The van der Waals surface area contributed by atoms with E-state index in [4.69, 9.17) is 0 Å². The largest absolute Gasteiger partial charge is 0.348 e. The van der Waals surface area contributed by atoms with Crippen molar-refractivity contribution in [2.24, 2.45) is 0 Å². The molecule has 1 N–H and O–H groups in total. The van der Waals surface area contributed by atoms with E-state index < -0.39 is 0 Å². The van der Waals surface area contributed by atoms with E-state index in [1.54, 1.807) is 11.3 Å². The van der Waals surface area contributed by atoms with Gasteiger partial charge in [-0.1, -0.05) is 6.42 Å². The third kappa shape index (κ3) is 2.45. The molecule has 2 aliphatic heterocycles. The summed E-state index contributed by atoms with van der Waals surface area (Å²) in [5.74, 6) is 0.0581. The summed E-state index contributed by atoms with van der Waals surface area (Å²) < 4.78 is 1.08. The summed E-state index contributed by atoms with van der Waals surface area (Å²) in [6.07, 6.45) is 4.90. The van der Waals surface area contributed by atoms with Gasteiger partial charge in [0.25, 0.3) is 5.91 Å². The van der Waals surface area contributed by atoms with Crippen molar-refractivity contribution in [3.63, 3.8) is 0 Å². The summed E-state index contributed by atoms with van der Waals surface area (Å²) in [4.78, 5) is 19.3. The average molecular weight is 301 g/mol. The van der Waals surface area contributed by atoms with Gasteiger partial charge in [-0.25, -0.2) is 4.98 Å². The fourth-order valence-electron chi connectivity index (χ4n) is 3.66. The maximum Gasteiger partial charge on any atom is 0.251 e. The Morgan fingerprint density at radius 3 is 3.19 bits per heavy atom. The number of nitrogens with one attached hydrogen (secondary N) is 1. The second-order valence-electron chi connectivity index (χ2n) is 6.00. The average Bonchev–Trinajstić information content (AvgIpc) is 3.13. The van der Waals surface area contributed by atoms with E-state index in [2.05, 4.69) is 15.2 Å². The van der Waals surface area contributed by atoms with Gasteiger partial charge in [-0.05, 0) is 44.0 Å². The van der Waals surface area contributed by atoms with Gasteiger partial charge in [-0.15, -0.1) is 11.3 Å². The van der Waals surface area contributed by atoms with E-state index in [0.717, 1.165) is 28.7 Å². The van der Waals surface area contributed by atoms with E-state index >= 15 is 0 Å². The number of rotatable bonds is 2. The molecule has 3 heterocycles. The molecule has 0 unspecified atom stereocenters. The Kier molecular flexibility index (Phi) is 3.39. The maximum absolute atomic E-state index is 12.5. The maximum atomic E-state index is 12.5. The van der Waals surface area contributed by atoms with Crippen molar-refractivity contribution in [1.29, 1.82) is 0 Å². The first-order valence-corrected chi connectivity index (χ1v) is 8.57. The number of aromatic nitrogens is 1. The standard InChI is InChI=1S/C16H19N3OS/c20-16(11-4-5-13-15(9-11)21-10-17-13)18-12-6-8-19-7-2-1-3-14(12)19/h4-5,9-10,12,14H,1-3,6-8H2,(H,18,20)/t12-,14+/m1/s1. The number of amides is 1. The molecule has 4 nitrogen and oxygen atoms in total. The molecule has 2 atom stereocenters. The summed E-state index contributed by atoms with van der Waals surface area (Å²) in [6.45, 7) is 2.33. The number of carbonyl (C=O) groups is 1. The van der Waals surface area contributed by atoms with Crippen LogP contribution in [0.4, 0.5) is 0 Å². The van der Waals surface area contributed by atoms with E-state index in [9.17, 15) is 4.79 Å². The topological polar surface area (TPSA) is 45.2 Å². The Bertz CT molecular complexity index is 668. The predicted molar refractivity (Wildman–Crippen MR) is 84.7 cm³/mol. The molecule has 21 heavy (non-hydrogen) atoms. The van der Waals surface area contributed by atoms with Crippen molar-refractivity contribution in [1.82, 2.24) is 15.2 Å². The Hall–Kier alpha value is -1.46. The SMILES string of the molecule is O=C(N[C@@H]1CCN2CCCC[C@@H]12)c1ccc2ncsc2c1. The number of hydrogen-bond donors (Lipinski definition) is 1. The van der Waals surface area contributed by atoms with Crippen molar-refractivity contribution in [3.05, 3.63) is 29.3 Å². The van der Waals surface area contributed by atoms with Crippen LogP contribution in [0.1, 0.15) is 36.0 Å². The van der Waals surface area contributed by atoms with Crippen LogP contribution in [0.3, 0.4) is 0 Å². The molecule has 0 spiro atoms. The van der Waals surface area contributed by atoms with Crippen LogP contribution in [0.2, 0.25) is 0 Å². The van der Waals surface area contributed by atoms with E-state index in [0.29, 0.717) is 12.1 Å². The molecular formula is C16H19N3OS. The summed E-state index contributed by atoms with van der Waals surface area (Å²) >= 11 is 1.58. The molecular weight excluding hydrogens is 282 g/mol. The number of piperidine rings is 1. The minimum atomic E-state index is 0.0581. The lowest BCUT2D eigenvalue weighted by Gasteiger charge is -2.32. The number of benzene rings is 1. The highest BCUT2D eigenvalue weighted by molar-refractivity contribution is 7.16. The molecule has 4 rings (SSSR count). The van der Waals surface area contributed by atoms with Gasteiger partial charge in [-0.3, -0.25) is 9.69 Å². The number of nitrogens with zero attached hydrogens (tertiary/aromatic N) is 2.